The van der Waals surface area contributed by atoms with Crippen molar-refractivity contribution in [3.05, 3.63) is 76.0 Å². The number of rotatable bonds is 9. The Kier molecular flexibility index (Phi) is 8.65. The molecule has 3 aromatic rings. The smallest absolute Gasteiger partial charge is 0.262 e. The summed E-state index contributed by atoms with van der Waals surface area (Å²) in [6.45, 7) is 7.41. The Bertz CT molecular complexity index is 1190. The minimum absolute atomic E-state index is 0.147. The highest BCUT2D eigenvalue weighted by Gasteiger charge is 2.24. The number of carbonyl (C=O) groups is 2. The van der Waals surface area contributed by atoms with Gasteiger partial charge in [0.2, 0.25) is 0 Å². The predicted octanol–water partition coefficient (Wildman–Crippen LogP) is 5.00. The van der Waals surface area contributed by atoms with E-state index >= 15 is 0 Å². The van der Waals surface area contributed by atoms with E-state index in [-0.39, 0.29) is 18.4 Å². The van der Waals surface area contributed by atoms with Crippen molar-refractivity contribution >= 4 is 34.0 Å². The number of benzene rings is 2. The fourth-order valence-corrected chi connectivity index (χ4v) is 3.92. The number of para-hydroxylation sites is 1. The lowest BCUT2D eigenvalue weighted by molar-refractivity contribution is -0.131. The maximum atomic E-state index is 12.6. The van der Waals surface area contributed by atoms with E-state index in [2.05, 4.69) is 31.8 Å². The number of nitrogens with zero attached hydrogens (tertiary/aromatic N) is 1. The molecule has 0 fully saturated rings. The van der Waals surface area contributed by atoms with Crippen LogP contribution in [0.15, 0.2) is 68.6 Å². The fraction of sp³-hybridized carbons (Fsp3) is 0.269. The van der Waals surface area contributed by atoms with Crippen LogP contribution in [0.1, 0.15) is 30.7 Å². The molecule has 0 aliphatic rings. The van der Waals surface area contributed by atoms with Crippen LogP contribution in [0.25, 0.3) is 11.3 Å². The second-order valence-electron chi connectivity index (χ2n) is 8.26. The van der Waals surface area contributed by atoms with E-state index in [4.69, 9.17) is 9.15 Å². The Morgan fingerprint density at radius 1 is 1.12 bits per heavy atom. The third kappa shape index (κ3) is 6.81. The van der Waals surface area contributed by atoms with Crippen molar-refractivity contribution in [1.29, 1.82) is 0 Å². The second kappa shape index (κ2) is 11.7. The third-order valence-corrected chi connectivity index (χ3v) is 5.76. The number of carbonyl (C=O) groups excluding carboxylic acids is 2. The van der Waals surface area contributed by atoms with Crippen LogP contribution < -0.4 is 15.5 Å². The molecule has 1 heterocycles. The van der Waals surface area contributed by atoms with E-state index in [0.717, 1.165) is 21.2 Å². The standard InChI is InChI=1S/C26H28BrN3O4/c1-16(2)25(29-24(31)15-33-22-8-6-5-7-18(22)4)26(32)30-28-14-19-10-12-23(34-19)20-11-9-17(3)13-21(20)27/h5-14,16,25H,15H2,1-4H3,(H,29,31)(H,30,32)/b28-14-/t25-/m1/s1. The van der Waals surface area contributed by atoms with Crippen LogP contribution in [0.4, 0.5) is 0 Å². The number of hydrogen-bond acceptors (Lipinski definition) is 5. The topological polar surface area (TPSA) is 92.9 Å². The average molecular weight is 526 g/mol. The number of aryl methyl sites for hydroxylation is 2. The highest BCUT2D eigenvalue weighted by molar-refractivity contribution is 9.10. The summed E-state index contributed by atoms with van der Waals surface area (Å²) >= 11 is 3.55. The summed E-state index contributed by atoms with van der Waals surface area (Å²) in [5.74, 6) is 0.833. The first-order chi connectivity index (χ1) is 16.2. The lowest BCUT2D eigenvalue weighted by atomic mass is 10.0. The molecule has 8 heteroatoms. The summed E-state index contributed by atoms with van der Waals surface area (Å²) in [5.41, 5.74) is 5.46. The summed E-state index contributed by atoms with van der Waals surface area (Å²) < 4.78 is 12.3. The van der Waals surface area contributed by atoms with Gasteiger partial charge in [0.15, 0.2) is 6.61 Å². The zero-order valence-corrected chi connectivity index (χ0v) is 21.2. The number of hydrazone groups is 1. The average Bonchev–Trinajstić information content (AvgIpc) is 3.25. The number of hydrogen-bond donors (Lipinski definition) is 2. The number of halogens is 1. The van der Waals surface area contributed by atoms with Gasteiger partial charge in [-0.05, 0) is 61.2 Å². The number of ether oxygens (including phenoxy) is 1. The molecule has 2 aromatic carbocycles. The van der Waals surface area contributed by atoms with Crippen LogP contribution >= 0.6 is 15.9 Å². The monoisotopic (exact) mass is 525 g/mol. The minimum atomic E-state index is -0.763. The molecule has 3 rings (SSSR count). The Morgan fingerprint density at radius 2 is 1.88 bits per heavy atom. The maximum Gasteiger partial charge on any atom is 0.262 e. The van der Waals surface area contributed by atoms with Crippen molar-refractivity contribution in [2.45, 2.75) is 33.7 Å². The van der Waals surface area contributed by atoms with E-state index in [0.29, 0.717) is 17.3 Å². The molecule has 0 aliphatic carbocycles. The molecular formula is C26H28BrN3O4. The largest absolute Gasteiger partial charge is 0.484 e. The van der Waals surface area contributed by atoms with Crippen molar-refractivity contribution in [2.24, 2.45) is 11.0 Å². The lowest BCUT2D eigenvalue weighted by Crippen LogP contribution is -2.49. The van der Waals surface area contributed by atoms with Crippen molar-refractivity contribution in [2.75, 3.05) is 6.61 Å². The highest BCUT2D eigenvalue weighted by Crippen LogP contribution is 2.30. The molecule has 2 amide bonds. The molecule has 0 spiro atoms. The summed E-state index contributed by atoms with van der Waals surface area (Å²) in [6.07, 6.45) is 1.42. The summed E-state index contributed by atoms with van der Waals surface area (Å²) in [4.78, 5) is 25.0. The second-order valence-corrected chi connectivity index (χ2v) is 9.12. The molecule has 0 aliphatic heterocycles. The van der Waals surface area contributed by atoms with Gasteiger partial charge in [-0.25, -0.2) is 5.43 Å². The molecule has 34 heavy (non-hydrogen) atoms. The van der Waals surface area contributed by atoms with Crippen molar-refractivity contribution < 1.29 is 18.7 Å². The first-order valence-corrected chi connectivity index (χ1v) is 11.7. The van der Waals surface area contributed by atoms with Gasteiger partial charge in [-0.2, -0.15) is 5.10 Å². The minimum Gasteiger partial charge on any atom is -0.484 e. The van der Waals surface area contributed by atoms with Crippen LogP contribution in [0.3, 0.4) is 0 Å². The van der Waals surface area contributed by atoms with Crippen LogP contribution in [-0.4, -0.2) is 30.7 Å². The quantitative estimate of drug-likeness (QED) is 0.303. The molecule has 1 aromatic heterocycles. The molecule has 0 unspecified atom stereocenters. The van der Waals surface area contributed by atoms with Gasteiger partial charge in [0, 0.05) is 10.0 Å². The van der Waals surface area contributed by atoms with E-state index in [1.165, 1.54) is 6.21 Å². The van der Waals surface area contributed by atoms with E-state index in [9.17, 15) is 9.59 Å². The summed E-state index contributed by atoms with van der Waals surface area (Å²) in [6, 6.07) is 16.3. The van der Waals surface area contributed by atoms with Crippen LogP contribution in [0.2, 0.25) is 0 Å². The van der Waals surface area contributed by atoms with E-state index in [1.807, 2.05) is 70.2 Å². The summed E-state index contributed by atoms with van der Waals surface area (Å²) in [5, 5.41) is 6.70. The van der Waals surface area contributed by atoms with Crippen molar-refractivity contribution in [1.82, 2.24) is 10.7 Å². The van der Waals surface area contributed by atoms with Gasteiger partial charge in [0.25, 0.3) is 11.8 Å². The lowest BCUT2D eigenvalue weighted by Gasteiger charge is -2.20. The van der Waals surface area contributed by atoms with Crippen molar-refractivity contribution in [3.63, 3.8) is 0 Å². The van der Waals surface area contributed by atoms with E-state index in [1.54, 1.807) is 12.1 Å². The molecule has 178 valence electrons. The van der Waals surface area contributed by atoms with E-state index < -0.39 is 11.9 Å². The van der Waals surface area contributed by atoms with Gasteiger partial charge < -0.3 is 14.5 Å². The van der Waals surface area contributed by atoms with Gasteiger partial charge in [0.05, 0.1) is 6.21 Å². The molecule has 0 bridgehead atoms. The van der Waals surface area contributed by atoms with Crippen LogP contribution in [0.5, 0.6) is 5.75 Å². The number of amides is 2. The summed E-state index contributed by atoms with van der Waals surface area (Å²) in [7, 11) is 0. The third-order valence-electron chi connectivity index (χ3n) is 5.10. The molecular weight excluding hydrogens is 498 g/mol. The van der Waals surface area contributed by atoms with Crippen LogP contribution in [-0.2, 0) is 9.59 Å². The zero-order chi connectivity index (χ0) is 24.7. The molecule has 1 atom stereocenters. The highest BCUT2D eigenvalue weighted by atomic mass is 79.9. The maximum absolute atomic E-state index is 12.6. The van der Waals surface area contributed by atoms with Gasteiger partial charge >= 0.3 is 0 Å². The predicted molar refractivity (Wildman–Crippen MR) is 136 cm³/mol. The Morgan fingerprint density at radius 3 is 2.59 bits per heavy atom. The fourth-order valence-electron chi connectivity index (χ4n) is 3.23. The SMILES string of the molecule is Cc1ccc(-c2ccc(/C=N\NC(=O)[C@H](NC(=O)COc3ccccc3C)C(C)C)o2)c(Br)c1. The van der Waals surface area contributed by atoms with Gasteiger partial charge in [-0.15, -0.1) is 0 Å². The van der Waals surface area contributed by atoms with Crippen molar-refractivity contribution in [3.8, 4) is 17.1 Å². The Balaban J connectivity index is 1.56. The van der Waals surface area contributed by atoms with Gasteiger partial charge in [-0.3, -0.25) is 9.59 Å². The molecule has 0 saturated carbocycles. The number of furan rings is 1. The first-order valence-electron chi connectivity index (χ1n) is 10.9. The normalized spacial score (nSPS) is 12.1. The van der Waals surface area contributed by atoms with Crippen LogP contribution in [0, 0.1) is 19.8 Å². The molecule has 2 N–H and O–H groups in total. The first kappa shape index (κ1) is 25.2. The molecule has 7 nitrogen and oxygen atoms in total. The number of nitrogens with one attached hydrogen (secondary N) is 2. The van der Waals surface area contributed by atoms with Gasteiger partial charge in [0.1, 0.15) is 23.3 Å². The van der Waals surface area contributed by atoms with Gasteiger partial charge in [-0.1, -0.05) is 54.0 Å². The molecule has 0 radical (unpaired) electrons. The Labute approximate surface area is 207 Å². The Hall–Kier alpha value is -3.39. The zero-order valence-electron chi connectivity index (χ0n) is 19.6. The molecule has 0 saturated heterocycles.